The lowest BCUT2D eigenvalue weighted by atomic mass is 9.62. The first-order valence-corrected chi connectivity index (χ1v) is 11.5. The average molecular weight is 458 g/mol. The fourth-order valence-electron chi connectivity index (χ4n) is 6.05. The predicted molar refractivity (Wildman–Crippen MR) is 123 cm³/mol. The highest BCUT2D eigenvalue weighted by atomic mass is 19.4. The maximum absolute atomic E-state index is 13.1. The molecular formula is C26H30F3N3O. The van der Waals surface area contributed by atoms with Crippen LogP contribution < -0.4 is 5.32 Å². The molecule has 1 saturated carbocycles. The van der Waals surface area contributed by atoms with Gasteiger partial charge in [-0.05, 0) is 69.1 Å². The van der Waals surface area contributed by atoms with E-state index in [1.807, 2.05) is 25.1 Å². The third-order valence-corrected chi connectivity index (χ3v) is 7.63. The van der Waals surface area contributed by atoms with Crippen LogP contribution in [0.5, 0.6) is 0 Å². The molecule has 1 aliphatic heterocycles. The number of para-hydroxylation sites is 1. The Morgan fingerprint density at radius 2 is 1.79 bits per heavy atom. The Bertz CT molecular complexity index is 1150. The fraction of sp³-hybridized carbons (Fsp3) is 0.462. The molecule has 1 aromatic heterocycles. The van der Waals surface area contributed by atoms with Crippen molar-refractivity contribution in [2.24, 2.45) is 5.92 Å². The van der Waals surface area contributed by atoms with Gasteiger partial charge in [0, 0.05) is 35.6 Å². The van der Waals surface area contributed by atoms with E-state index >= 15 is 0 Å². The van der Waals surface area contributed by atoms with E-state index in [2.05, 4.69) is 28.5 Å². The second-order valence-electron chi connectivity index (χ2n) is 9.95. The molecule has 2 aromatic carbocycles. The van der Waals surface area contributed by atoms with E-state index in [0.29, 0.717) is 31.4 Å². The lowest BCUT2D eigenvalue weighted by Gasteiger charge is -2.51. The van der Waals surface area contributed by atoms with Crippen LogP contribution in [-0.2, 0) is 23.7 Å². The molecule has 3 atom stereocenters. The maximum Gasteiger partial charge on any atom is 0.416 e. The Hall–Kier alpha value is -2.35. The van der Waals surface area contributed by atoms with Crippen molar-refractivity contribution < 1.29 is 18.3 Å². The molecule has 33 heavy (non-hydrogen) atoms. The zero-order valence-electron chi connectivity index (χ0n) is 19.0. The van der Waals surface area contributed by atoms with Crippen LogP contribution >= 0.6 is 0 Å². The number of hydrogen-bond donors (Lipinski definition) is 3. The molecule has 176 valence electrons. The highest BCUT2D eigenvalue weighted by molar-refractivity contribution is 5.85. The van der Waals surface area contributed by atoms with Gasteiger partial charge in [-0.15, -0.1) is 0 Å². The Labute approximate surface area is 191 Å². The molecule has 5 rings (SSSR count). The minimum absolute atomic E-state index is 0.150. The third-order valence-electron chi connectivity index (χ3n) is 7.63. The Morgan fingerprint density at radius 1 is 1.06 bits per heavy atom. The van der Waals surface area contributed by atoms with Gasteiger partial charge in [0.15, 0.2) is 0 Å². The van der Waals surface area contributed by atoms with Crippen LogP contribution in [0.1, 0.15) is 41.6 Å². The molecule has 2 heterocycles. The van der Waals surface area contributed by atoms with Crippen LogP contribution in [0.15, 0.2) is 48.5 Å². The molecule has 1 aliphatic carbocycles. The van der Waals surface area contributed by atoms with E-state index in [1.165, 1.54) is 28.8 Å². The van der Waals surface area contributed by atoms with Crippen molar-refractivity contribution in [3.05, 3.63) is 70.9 Å². The van der Waals surface area contributed by atoms with E-state index < -0.39 is 17.3 Å². The number of aromatic amines is 1. The first-order chi connectivity index (χ1) is 15.6. The van der Waals surface area contributed by atoms with Crippen LogP contribution in [0, 0.1) is 5.92 Å². The van der Waals surface area contributed by atoms with E-state index in [0.717, 1.165) is 30.6 Å². The predicted octanol–water partition coefficient (Wildman–Crippen LogP) is 4.78. The summed E-state index contributed by atoms with van der Waals surface area (Å²) in [6, 6.07) is 13.4. The second kappa shape index (κ2) is 7.86. The summed E-state index contributed by atoms with van der Waals surface area (Å²) in [4.78, 5) is 5.71. The van der Waals surface area contributed by atoms with Crippen molar-refractivity contribution in [3.63, 3.8) is 0 Å². The van der Waals surface area contributed by atoms with Gasteiger partial charge in [-0.25, -0.2) is 0 Å². The summed E-state index contributed by atoms with van der Waals surface area (Å²) in [6.45, 7) is 1.50. The summed E-state index contributed by atoms with van der Waals surface area (Å²) in [5.74, 6) is -0.150. The monoisotopic (exact) mass is 457 g/mol. The minimum Gasteiger partial charge on any atom is -0.385 e. The van der Waals surface area contributed by atoms with Crippen molar-refractivity contribution in [1.29, 1.82) is 0 Å². The number of aliphatic hydroxyl groups is 1. The zero-order chi connectivity index (χ0) is 23.4. The van der Waals surface area contributed by atoms with Crippen molar-refractivity contribution >= 4 is 10.9 Å². The first kappa shape index (κ1) is 22.4. The molecule has 0 amide bonds. The molecule has 4 nitrogen and oxygen atoms in total. The molecule has 1 fully saturated rings. The number of H-pyrrole nitrogens is 1. The number of nitrogens with one attached hydrogen (secondary N) is 2. The number of nitrogens with zero attached hydrogens (tertiary/aromatic N) is 1. The largest absolute Gasteiger partial charge is 0.416 e. The molecule has 0 radical (unpaired) electrons. The number of halogens is 3. The van der Waals surface area contributed by atoms with Crippen LogP contribution in [0.4, 0.5) is 13.2 Å². The third kappa shape index (κ3) is 3.76. The number of rotatable bonds is 3. The SMILES string of the molecule is CN(C)CC1CC2(CCC1(O)c1ccc(C(F)(F)F)cc1)NCCc1c2[nH]c2ccccc12. The Morgan fingerprint density at radius 3 is 2.48 bits per heavy atom. The van der Waals surface area contributed by atoms with Crippen LogP contribution in [0.3, 0.4) is 0 Å². The van der Waals surface area contributed by atoms with Crippen LogP contribution in [0.25, 0.3) is 10.9 Å². The molecule has 3 N–H and O–H groups in total. The lowest BCUT2D eigenvalue weighted by Crippen LogP contribution is -2.57. The van der Waals surface area contributed by atoms with Gasteiger partial charge in [0.05, 0.1) is 16.7 Å². The van der Waals surface area contributed by atoms with Crippen LogP contribution in [0.2, 0.25) is 0 Å². The summed E-state index contributed by atoms with van der Waals surface area (Å²) < 4.78 is 39.3. The number of aromatic nitrogens is 1. The second-order valence-corrected chi connectivity index (χ2v) is 9.95. The summed E-state index contributed by atoms with van der Waals surface area (Å²) >= 11 is 0. The van der Waals surface area contributed by atoms with Crippen molar-refractivity contribution in [2.75, 3.05) is 27.2 Å². The molecule has 1 spiro atoms. The molecule has 3 aromatic rings. The Kier molecular flexibility index (Phi) is 5.34. The van der Waals surface area contributed by atoms with Crippen molar-refractivity contribution in [2.45, 2.75) is 43.0 Å². The van der Waals surface area contributed by atoms with Gasteiger partial charge < -0.3 is 20.3 Å². The van der Waals surface area contributed by atoms with Crippen LogP contribution in [-0.4, -0.2) is 42.2 Å². The normalized spacial score (nSPS) is 27.9. The summed E-state index contributed by atoms with van der Waals surface area (Å²) in [5.41, 5.74) is 2.06. The van der Waals surface area contributed by atoms with Gasteiger partial charge >= 0.3 is 6.18 Å². The average Bonchev–Trinajstić information content (AvgIpc) is 3.16. The summed E-state index contributed by atoms with van der Waals surface area (Å²) in [7, 11) is 3.94. The molecule has 0 bridgehead atoms. The number of alkyl halides is 3. The summed E-state index contributed by atoms with van der Waals surface area (Å²) in [6.07, 6.45) is -1.57. The highest BCUT2D eigenvalue weighted by Gasteiger charge is 2.52. The first-order valence-electron chi connectivity index (χ1n) is 11.5. The fourth-order valence-corrected chi connectivity index (χ4v) is 6.05. The van der Waals surface area contributed by atoms with Gasteiger partial charge in [-0.2, -0.15) is 13.2 Å². The quantitative estimate of drug-likeness (QED) is 0.531. The van der Waals surface area contributed by atoms with Gasteiger partial charge in [-0.1, -0.05) is 30.3 Å². The van der Waals surface area contributed by atoms with Crippen molar-refractivity contribution in [1.82, 2.24) is 15.2 Å². The van der Waals surface area contributed by atoms with Gasteiger partial charge in [0.2, 0.25) is 0 Å². The van der Waals surface area contributed by atoms with Crippen molar-refractivity contribution in [3.8, 4) is 0 Å². The van der Waals surface area contributed by atoms with E-state index in [1.54, 1.807) is 0 Å². The number of benzene rings is 2. The zero-order valence-corrected chi connectivity index (χ0v) is 19.0. The molecule has 7 heteroatoms. The van der Waals surface area contributed by atoms with E-state index in [-0.39, 0.29) is 11.5 Å². The smallest absolute Gasteiger partial charge is 0.385 e. The van der Waals surface area contributed by atoms with Gasteiger partial charge in [0.25, 0.3) is 0 Å². The number of fused-ring (bicyclic) bond motifs is 4. The summed E-state index contributed by atoms with van der Waals surface area (Å²) in [5, 5.41) is 16.9. The molecular weight excluding hydrogens is 427 g/mol. The van der Waals surface area contributed by atoms with E-state index in [4.69, 9.17) is 0 Å². The molecule has 3 unspecified atom stereocenters. The topological polar surface area (TPSA) is 51.3 Å². The Balaban J connectivity index is 1.53. The lowest BCUT2D eigenvalue weighted by molar-refractivity contribution is -0.137. The van der Waals surface area contributed by atoms with Gasteiger partial charge in [0.1, 0.15) is 0 Å². The highest BCUT2D eigenvalue weighted by Crippen LogP contribution is 2.51. The molecule has 0 saturated heterocycles. The maximum atomic E-state index is 13.1. The minimum atomic E-state index is -4.39. The standard InChI is InChI=1S/C26H30F3N3O/c1-32(2)16-19-15-24(23-21(11-14-30-24)20-5-3-4-6-22(20)31-23)12-13-25(19,33)17-7-9-18(10-8-17)26(27,28)29/h3-10,19,30-31,33H,11-16H2,1-2H3. The van der Waals surface area contributed by atoms with E-state index in [9.17, 15) is 18.3 Å². The van der Waals surface area contributed by atoms with Gasteiger partial charge in [-0.3, -0.25) is 0 Å². The molecule has 2 aliphatic rings. The number of hydrogen-bond acceptors (Lipinski definition) is 3.